The smallest absolute Gasteiger partial charge is 0.410 e. The molecule has 204 valence electrons. The largest absolute Gasteiger partial charge is 0.444 e. The lowest BCUT2D eigenvalue weighted by Gasteiger charge is -2.27. The third-order valence-corrected chi connectivity index (χ3v) is 5.87. The fourth-order valence-corrected chi connectivity index (χ4v) is 4.09. The Balaban J connectivity index is 2.04. The fraction of sp³-hybridized carbons (Fsp3) is 0.577. The van der Waals surface area contributed by atoms with E-state index in [0.717, 1.165) is 6.29 Å². The second-order valence-corrected chi connectivity index (χ2v) is 9.90. The Morgan fingerprint density at radius 2 is 1.92 bits per heavy atom. The maximum atomic E-state index is 13.0. The van der Waals surface area contributed by atoms with Gasteiger partial charge in [-0.2, -0.15) is 0 Å². The van der Waals surface area contributed by atoms with E-state index in [1.807, 2.05) is 0 Å². The average molecular weight is 518 g/mol. The molecule has 0 spiro atoms. The quantitative estimate of drug-likeness (QED) is 0.339. The Bertz CT molecular complexity index is 990. The molecule has 0 saturated heterocycles. The van der Waals surface area contributed by atoms with Crippen molar-refractivity contribution in [1.82, 2.24) is 15.1 Å². The SMILES string of the molecule is CNC(=O)C(CCC=O)N1Cc2c(NC(=O)CCCN(CCCN)C(=O)OC(C)(C)C)cccc2C1=O. The second-order valence-electron chi connectivity index (χ2n) is 9.90. The summed E-state index contributed by atoms with van der Waals surface area (Å²) >= 11 is 0. The van der Waals surface area contributed by atoms with Crippen LogP contribution in [0.15, 0.2) is 18.2 Å². The molecule has 1 unspecified atom stereocenters. The second kappa shape index (κ2) is 13.7. The molecule has 0 aromatic heterocycles. The Hall–Kier alpha value is -3.47. The number of carbonyl (C=O) groups excluding carboxylic acids is 5. The molecular weight excluding hydrogens is 478 g/mol. The van der Waals surface area contributed by atoms with Crippen molar-refractivity contribution < 1.29 is 28.7 Å². The third kappa shape index (κ3) is 8.56. The molecule has 0 aliphatic carbocycles. The molecule has 1 aromatic carbocycles. The topological polar surface area (TPSA) is 151 Å². The highest BCUT2D eigenvalue weighted by atomic mass is 16.6. The molecule has 1 atom stereocenters. The van der Waals surface area contributed by atoms with Crippen LogP contribution in [0.4, 0.5) is 10.5 Å². The first-order valence-corrected chi connectivity index (χ1v) is 12.6. The van der Waals surface area contributed by atoms with Gasteiger partial charge in [0.25, 0.3) is 5.91 Å². The Labute approximate surface area is 218 Å². The normalized spacial score (nSPS) is 13.5. The summed E-state index contributed by atoms with van der Waals surface area (Å²) < 4.78 is 5.45. The van der Waals surface area contributed by atoms with Gasteiger partial charge in [0.2, 0.25) is 11.8 Å². The molecule has 2 rings (SSSR count). The molecular formula is C26H39N5O6. The van der Waals surface area contributed by atoms with Gasteiger partial charge in [-0.1, -0.05) is 6.07 Å². The summed E-state index contributed by atoms with van der Waals surface area (Å²) in [6.07, 6.45) is 1.83. The number of amides is 4. The van der Waals surface area contributed by atoms with E-state index in [4.69, 9.17) is 10.5 Å². The number of benzene rings is 1. The lowest BCUT2D eigenvalue weighted by molar-refractivity contribution is -0.125. The minimum absolute atomic E-state index is 0.146. The van der Waals surface area contributed by atoms with E-state index >= 15 is 0 Å². The zero-order valence-electron chi connectivity index (χ0n) is 22.2. The number of anilines is 1. The van der Waals surface area contributed by atoms with Crippen LogP contribution in [-0.4, -0.2) is 78.2 Å². The number of nitrogens with two attached hydrogens (primary N) is 1. The molecule has 0 radical (unpaired) electrons. The molecule has 1 heterocycles. The molecule has 0 fully saturated rings. The van der Waals surface area contributed by atoms with Crippen LogP contribution in [0.2, 0.25) is 0 Å². The predicted octanol–water partition coefficient (Wildman–Crippen LogP) is 2.04. The molecule has 1 aliphatic heterocycles. The molecule has 37 heavy (non-hydrogen) atoms. The van der Waals surface area contributed by atoms with E-state index in [0.29, 0.717) is 49.3 Å². The maximum absolute atomic E-state index is 13.0. The number of carbonyl (C=O) groups is 5. The summed E-state index contributed by atoms with van der Waals surface area (Å²) in [6, 6.07) is 4.25. The summed E-state index contributed by atoms with van der Waals surface area (Å²) in [4.78, 5) is 64.5. The van der Waals surface area contributed by atoms with E-state index in [1.165, 1.54) is 11.9 Å². The first-order chi connectivity index (χ1) is 17.5. The van der Waals surface area contributed by atoms with E-state index in [-0.39, 0.29) is 43.5 Å². The van der Waals surface area contributed by atoms with Gasteiger partial charge in [0, 0.05) is 56.3 Å². The Kier molecular flexibility index (Phi) is 11.0. The lowest BCUT2D eigenvalue weighted by atomic mass is 10.1. The Morgan fingerprint density at radius 3 is 2.54 bits per heavy atom. The van der Waals surface area contributed by atoms with Crippen molar-refractivity contribution in [3.05, 3.63) is 29.3 Å². The van der Waals surface area contributed by atoms with Crippen molar-refractivity contribution in [1.29, 1.82) is 0 Å². The molecule has 0 bridgehead atoms. The van der Waals surface area contributed by atoms with Crippen LogP contribution < -0.4 is 16.4 Å². The maximum Gasteiger partial charge on any atom is 0.410 e. The van der Waals surface area contributed by atoms with Crippen LogP contribution in [-0.2, 0) is 25.7 Å². The first-order valence-electron chi connectivity index (χ1n) is 12.6. The Morgan fingerprint density at radius 1 is 1.22 bits per heavy atom. The first kappa shape index (κ1) is 29.8. The highest BCUT2D eigenvalue weighted by molar-refractivity contribution is 6.04. The fourth-order valence-electron chi connectivity index (χ4n) is 4.09. The van der Waals surface area contributed by atoms with Crippen molar-refractivity contribution in [2.24, 2.45) is 5.73 Å². The third-order valence-electron chi connectivity index (χ3n) is 5.87. The van der Waals surface area contributed by atoms with Crippen LogP contribution in [0.1, 0.15) is 68.8 Å². The van der Waals surface area contributed by atoms with Crippen molar-refractivity contribution >= 4 is 35.8 Å². The van der Waals surface area contributed by atoms with Crippen LogP contribution in [0.3, 0.4) is 0 Å². The van der Waals surface area contributed by atoms with Crippen molar-refractivity contribution in [2.45, 2.75) is 71.1 Å². The van der Waals surface area contributed by atoms with Crippen molar-refractivity contribution in [2.75, 3.05) is 32.0 Å². The van der Waals surface area contributed by atoms with Gasteiger partial charge in [0.05, 0.1) is 0 Å². The zero-order valence-corrected chi connectivity index (χ0v) is 22.2. The predicted molar refractivity (Wildman–Crippen MR) is 139 cm³/mol. The summed E-state index contributed by atoms with van der Waals surface area (Å²) in [5.74, 6) is -0.928. The lowest BCUT2D eigenvalue weighted by Crippen LogP contribution is -2.46. The average Bonchev–Trinajstić information content (AvgIpc) is 3.17. The van der Waals surface area contributed by atoms with Gasteiger partial charge in [0.15, 0.2) is 0 Å². The van der Waals surface area contributed by atoms with Gasteiger partial charge in [-0.05, 0) is 58.7 Å². The van der Waals surface area contributed by atoms with Gasteiger partial charge in [-0.25, -0.2) is 4.79 Å². The highest BCUT2D eigenvalue weighted by Gasteiger charge is 2.37. The molecule has 4 N–H and O–H groups in total. The number of fused-ring (bicyclic) bond motifs is 1. The summed E-state index contributed by atoms with van der Waals surface area (Å²) in [5, 5.41) is 5.41. The minimum Gasteiger partial charge on any atom is -0.444 e. The van der Waals surface area contributed by atoms with Gasteiger partial charge < -0.3 is 35.7 Å². The van der Waals surface area contributed by atoms with Crippen molar-refractivity contribution in [3.63, 3.8) is 0 Å². The molecule has 11 heteroatoms. The monoisotopic (exact) mass is 517 g/mol. The van der Waals surface area contributed by atoms with Crippen LogP contribution >= 0.6 is 0 Å². The van der Waals surface area contributed by atoms with Crippen molar-refractivity contribution in [3.8, 4) is 0 Å². The number of ether oxygens (including phenoxy) is 1. The summed E-state index contributed by atoms with van der Waals surface area (Å²) in [5.41, 5.74) is 6.50. The number of rotatable bonds is 13. The zero-order chi connectivity index (χ0) is 27.6. The standard InChI is InChI=1S/C26H39N5O6/c1-26(2,3)37-25(36)30(15-8-13-27)14-6-12-22(33)29-20-10-5-9-18-19(20)17-31(24(18)35)21(11-7-16-32)23(34)28-4/h5,9-10,16,21H,6-8,11-15,17,27H2,1-4H3,(H,28,34)(H,29,33). The van der Waals surface area contributed by atoms with Crippen LogP contribution in [0.5, 0.6) is 0 Å². The molecule has 0 saturated carbocycles. The number of hydrogen-bond acceptors (Lipinski definition) is 7. The molecule has 4 amide bonds. The number of aldehydes is 1. The van der Waals surface area contributed by atoms with Gasteiger partial charge >= 0.3 is 6.09 Å². The number of nitrogens with one attached hydrogen (secondary N) is 2. The highest BCUT2D eigenvalue weighted by Crippen LogP contribution is 2.31. The minimum atomic E-state index is -0.786. The van der Waals surface area contributed by atoms with Gasteiger partial charge in [-0.3, -0.25) is 14.4 Å². The van der Waals surface area contributed by atoms with E-state index in [9.17, 15) is 24.0 Å². The molecule has 1 aromatic rings. The molecule has 1 aliphatic rings. The van der Waals surface area contributed by atoms with E-state index in [2.05, 4.69) is 10.6 Å². The number of likely N-dealkylation sites (N-methyl/N-ethyl adjacent to an activating group) is 1. The van der Waals surface area contributed by atoms with E-state index < -0.39 is 17.7 Å². The number of hydrogen-bond donors (Lipinski definition) is 3. The summed E-state index contributed by atoms with van der Waals surface area (Å²) in [6.45, 7) is 6.74. The van der Waals surface area contributed by atoms with Gasteiger partial charge in [-0.15, -0.1) is 0 Å². The van der Waals surface area contributed by atoms with E-state index in [1.54, 1.807) is 43.9 Å². The number of nitrogens with zero attached hydrogens (tertiary/aromatic N) is 2. The summed E-state index contributed by atoms with van der Waals surface area (Å²) in [7, 11) is 1.48. The van der Waals surface area contributed by atoms with Gasteiger partial charge in [0.1, 0.15) is 17.9 Å². The molecule has 11 nitrogen and oxygen atoms in total. The van der Waals surface area contributed by atoms with Crippen LogP contribution in [0.25, 0.3) is 0 Å². The van der Waals surface area contributed by atoms with Crippen LogP contribution in [0, 0.1) is 0 Å².